The van der Waals surface area contributed by atoms with E-state index in [0.717, 1.165) is 11.2 Å². The zero-order valence-corrected chi connectivity index (χ0v) is 14.4. The largest absolute Gasteiger partial charge is 0.454 e. The molecule has 0 amide bonds. The highest BCUT2D eigenvalue weighted by Gasteiger charge is 2.23. The number of aromatic nitrogens is 1. The van der Waals surface area contributed by atoms with Crippen LogP contribution in [-0.4, -0.2) is 0 Å². The molecular formula is C21H16NOS+. The molecule has 0 saturated carbocycles. The van der Waals surface area contributed by atoms with Crippen molar-refractivity contribution >= 4 is 43.5 Å². The molecule has 24 heavy (non-hydrogen) atoms. The molecule has 0 spiro atoms. The smallest absolute Gasteiger partial charge is 0.270 e. The Hall–Kier alpha value is -2.65. The number of aryl methyl sites for hydroxylation is 2. The van der Waals surface area contributed by atoms with Crippen LogP contribution >= 0.6 is 11.3 Å². The molecule has 0 bridgehead atoms. The molecule has 0 saturated heterocycles. The first-order valence-electron chi connectivity index (χ1n) is 8.03. The minimum absolute atomic E-state index is 0.952. The molecule has 2 heterocycles. The highest BCUT2D eigenvalue weighted by atomic mass is 32.1. The summed E-state index contributed by atoms with van der Waals surface area (Å²) < 4.78 is 9.68. The fraction of sp³-hybridized carbons (Fsp3) is 0.0952. The van der Waals surface area contributed by atoms with Crippen molar-refractivity contribution in [2.45, 2.75) is 6.92 Å². The zero-order valence-electron chi connectivity index (χ0n) is 13.5. The average molecular weight is 330 g/mol. The Bertz CT molecular complexity index is 1230. The maximum Gasteiger partial charge on any atom is 0.270 e. The Balaban J connectivity index is 1.91. The third-order valence-corrected chi connectivity index (χ3v) is 6.01. The van der Waals surface area contributed by atoms with Crippen molar-refractivity contribution in [3.05, 3.63) is 66.2 Å². The molecule has 116 valence electrons. The molecule has 0 unspecified atom stereocenters. The van der Waals surface area contributed by atoms with Gasteiger partial charge in [0, 0.05) is 16.8 Å². The molecular weight excluding hydrogens is 314 g/mol. The number of rotatable bonds is 1. The predicted molar refractivity (Wildman–Crippen MR) is 100 cm³/mol. The standard InChI is InChI=1S/C21H16NOS/c1-13-7-3-4-8-14(13)21-22(2)17-12-11-16-15-9-5-6-10-18(15)23-19(16)20(17)24-21/h3-12H,1-2H3/q+1. The third kappa shape index (κ3) is 1.79. The molecule has 0 radical (unpaired) electrons. The molecule has 5 rings (SSSR count). The van der Waals surface area contributed by atoms with Crippen LogP contribution in [0.2, 0.25) is 0 Å². The maximum absolute atomic E-state index is 6.20. The lowest BCUT2D eigenvalue weighted by Crippen LogP contribution is -2.28. The Morgan fingerprint density at radius 2 is 1.67 bits per heavy atom. The van der Waals surface area contributed by atoms with Crippen LogP contribution in [0.1, 0.15) is 5.56 Å². The summed E-state index contributed by atoms with van der Waals surface area (Å²) in [7, 11) is 2.13. The summed E-state index contributed by atoms with van der Waals surface area (Å²) in [5, 5.41) is 3.63. The fourth-order valence-electron chi connectivity index (χ4n) is 3.44. The van der Waals surface area contributed by atoms with Gasteiger partial charge in [0.2, 0.25) is 5.52 Å². The molecule has 3 heteroatoms. The van der Waals surface area contributed by atoms with E-state index in [2.05, 4.69) is 67.1 Å². The van der Waals surface area contributed by atoms with E-state index in [1.165, 1.54) is 37.1 Å². The number of hydrogen-bond acceptors (Lipinski definition) is 2. The van der Waals surface area contributed by atoms with Gasteiger partial charge in [0.05, 0.1) is 5.56 Å². The molecule has 0 atom stereocenters. The monoisotopic (exact) mass is 330 g/mol. The average Bonchev–Trinajstić information content (AvgIpc) is 3.14. The zero-order chi connectivity index (χ0) is 16.3. The van der Waals surface area contributed by atoms with Crippen LogP contribution in [0.25, 0.3) is 42.7 Å². The predicted octanol–water partition coefficient (Wildman–Crippen LogP) is 5.60. The number of furan rings is 1. The Morgan fingerprint density at radius 1 is 0.875 bits per heavy atom. The quantitative estimate of drug-likeness (QED) is 0.366. The first-order chi connectivity index (χ1) is 11.7. The summed E-state index contributed by atoms with van der Waals surface area (Å²) in [6, 6.07) is 21.2. The molecule has 0 aliphatic heterocycles. The van der Waals surface area contributed by atoms with Crippen LogP contribution in [0.4, 0.5) is 0 Å². The van der Waals surface area contributed by atoms with Gasteiger partial charge in [0.1, 0.15) is 17.3 Å². The van der Waals surface area contributed by atoms with Crippen LogP contribution in [-0.2, 0) is 7.05 Å². The van der Waals surface area contributed by atoms with E-state index in [1.54, 1.807) is 11.3 Å². The second-order valence-electron chi connectivity index (χ2n) is 6.17. The van der Waals surface area contributed by atoms with Crippen LogP contribution in [0.5, 0.6) is 0 Å². The van der Waals surface area contributed by atoms with Gasteiger partial charge in [-0.3, -0.25) is 0 Å². The van der Waals surface area contributed by atoms with Gasteiger partial charge in [0.15, 0.2) is 5.58 Å². The van der Waals surface area contributed by atoms with Crippen LogP contribution < -0.4 is 4.57 Å². The molecule has 0 aliphatic rings. The van der Waals surface area contributed by atoms with Gasteiger partial charge in [-0.15, -0.1) is 0 Å². The first kappa shape index (κ1) is 13.8. The lowest BCUT2D eigenvalue weighted by Gasteiger charge is -1.98. The van der Waals surface area contributed by atoms with Crippen molar-refractivity contribution in [3.8, 4) is 10.6 Å². The molecule has 0 N–H and O–H groups in total. The van der Waals surface area contributed by atoms with Crippen LogP contribution in [0.15, 0.2) is 65.1 Å². The summed E-state index contributed by atoms with van der Waals surface area (Å²) >= 11 is 1.81. The van der Waals surface area contributed by atoms with Crippen molar-refractivity contribution in [1.82, 2.24) is 0 Å². The van der Waals surface area contributed by atoms with Crippen LogP contribution in [0.3, 0.4) is 0 Å². The van der Waals surface area contributed by atoms with Crippen molar-refractivity contribution in [3.63, 3.8) is 0 Å². The summed E-state index contributed by atoms with van der Waals surface area (Å²) in [6.45, 7) is 2.16. The molecule has 0 aliphatic carbocycles. The minimum atomic E-state index is 0.952. The van der Waals surface area contributed by atoms with Gasteiger partial charge in [0.25, 0.3) is 5.01 Å². The van der Waals surface area contributed by atoms with Gasteiger partial charge in [-0.1, -0.05) is 47.7 Å². The van der Waals surface area contributed by atoms with Crippen molar-refractivity contribution in [2.75, 3.05) is 0 Å². The lowest BCUT2D eigenvalue weighted by molar-refractivity contribution is -0.629. The Labute approximate surface area is 143 Å². The lowest BCUT2D eigenvalue weighted by atomic mass is 10.1. The minimum Gasteiger partial charge on any atom is -0.454 e. The summed E-state index contributed by atoms with van der Waals surface area (Å²) in [5.41, 5.74) is 5.73. The highest BCUT2D eigenvalue weighted by Crippen LogP contribution is 2.38. The van der Waals surface area contributed by atoms with Crippen molar-refractivity contribution in [2.24, 2.45) is 7.05 Å². The van der Waals surface area contributed by atoms with Crippen LogP contribution in [0, 0.1) is 6.92 Å². The first-order valence-corrected chi connectivity index (χ1v) is 8.84. The maximum atomic E-state index is 6.20. The molecule has 2 nitrogen and oxygen atoms in total. The van der Waals surface area contributed by atoms with Gasteiger partial charge in [-0.2, -0.15) is 4.57 Å². The molecule has 0 fully saturated rings. The second kappa shape index (κ2) is 4.92. The number of thiazole rings is 1. The number of benzene rings is 3. The number of nitrogens with zero attached hydrogens (tertiary/aromatic N) is 1. The van der Waals surface area contributed by atoms with E-state index >= 15 is 0 Å². The molecule has 2 aromatic heterocycles. The van der Waals surface area contributed by atoms with Gasteiger partial charge >= 0.3 is 0 Å². The van der Waals surface area contributed by atoms with E-state index < -0.39 is 0 Å². The van der Waals surface area contributed by atoms with Gasteiger partial charge < -0.3 is 4.42 Å². The van der Waals surface area contributed by atoms with E-state index in [9.17, 15) is 0 Å². The topological polar surface area (TPSA) is 17.0 Å². The second-order valence-corrected chi connectivity index (χ2v) is 7.17. The SMILES string of the molecule is Cc1ccccc1-c1sc2c3oc4ccccc4c3ccc2[n+]1C. The number of para-hydroxylation sites is 1. The fourth-order valence-corrected chi connectivity index (χ4v) is 4.76. The number of fused-ring (bicyclic) bond motifs is 5. The Morgan fingerprint density at radius 3 is 2.54 bits per heavy atom. The summed E-state index contributed by atoms with van der Waals surface area (Å²) in [4.78, 5) is 0. The van der Waals surface area contributed by atoms with E-state index in [1.807, 2.05) is 12.1 Å². The highest BCUT2D eigenvalue weighted by molar-refractivity contribution is 7.22. The van der Waals surface area contributed by atoms with E-state index in [0.29, 0.717) is 0 Å². The summed E-state index contributed by atoms with van der Waals surface area (Å²) in [5.74, 6) is 0. The summed E-state index contributed by atoms with van der Waals surface area (Å²) in [6.07, 6.45) is 0. The van der Waals surface area contributed by atoms with E-state index in [4.69, 9.17) is 4.42 Å². The third-order valence-electron chi connectivity index (χ3n) is 4.72. The van der Waals surface area contributed by atoms with Gasteiger partial charge in [-0.25, -0.2) is 0 Å². The molecule has 3 aromatic carbocycles. The van der Waals surface area contributed by atoms with E-state index in [-0.39, 0.29) is 0 Å². The van der Waals surface area contributed by atoms with Gasteiger partial charge in [-0.05, 0) is 30.7 Å². The van der Waals surface area contributed by atoms with Crippen molar-refractivity contribution < 1.29 is 8.98 Å². The number of hydrogen-bond donors (Lipinski definition) is 0. The molecule has 5 aromatic rings. The normalized spacial score (nSPS) is 11.8. The van der Waals surface area contributed by atoms with Crippen molar-refractivity contribution in [1.29, 1.82) is 0 Å². The Kier molecular flexibility index (Phi) is 2.82.